The van der Waals surface area contributed by atoms with Crippen molar-refractivity contribution in [3.05, 3.63) is 23.9 Å². The molecule has 0 spiro atoms. The van der Waals surface area contributed by atoms with Crippen LogP contribution in [0.1, 0.15) is 38.3 Å². The molecule has 1 fully saturated rings. The van der Waals surface area contributed by atoms with Crippen LogP contribution in [0, 0.1) is 0 Å². The highest BCUT2D eigenvalue weighted by Crippen LogP contribution is 2.16. The quantitative estimate of drug-likeness (QED) is 0.792. The number of nitrogens with zero attached hydrogens (tertiary/aromatic N) is 1. The molecule has 18 heavy (non-hydrogen) atoms. The summed E-state index contributed by atoms with van der Waals surface area (Å²) in [5, 5.41) is 5.39. The average Bonchev–Trinajstić information content (AvgIpc) is 2.33. The fourth-order valence-electron chi connectivity index (χ4n) is 1.86. The molecule has 0 aromatic carbocycles. The molecule has 5 heteroatoms. The molecular formula is C13H17N3O2. The largest absolute Gasteiger partial charge is 0.358 e. The Bertz CT molecular complexity index is 471. The van der Waals surface area contributed by atoms with Crippen molar-refractivity contribution >= 4 is 17.6 Å². The van der Waals surface area contributed by atoms with Gasteiger partial charge >= 0.3 is 0 Å². The van der Waals surface area contributed by atoms with Gasteiger partial charge < -0.3 is 5.32 Å². The van der Waals surface area contributed by atoms with Gasteiger partial charge in [0, 0.05) is 12.1 Å². The number of carbonyl (C=O) groups excluding carboxylic acids is 2. The van der Waals surface area contributed by atoms with Crippen molar-refractivity contribution in [2.45, 2.75) is 38.6 Å². The van der Waals surface area contributed by atoms with Crippen molar-refractivity contribution in [1.82, 2.24) is 10.3 Å². The Morgan fingerprint density at radius 3 is 2.83 bits per heavy atom. The Hall–Kier alpha value is -1.91. The first-order valence-electron chi connectivity index (χ1n) is 6.13. The molecule has 1 saturated heterocycles. The standard InChI is InChI=1S/C13H17N3O2/c1-8(2)9-4-3-5-11(14-9)15-10-6-7-12(17)16-13(10)18/h3-5,8,10H,6-7H2,1-2H3,(H,14,15)(H,16,17,18). The van der Waals surface area contributed by atoms with Crippen molar-refractivity contribution in [2.24, 2.45) is 0 Å². The summed E-state index contributed by atoms with van der Waals surface area (Å²) in [7, 11) is 0. The number of rotatable bonds is 3. The van der Waals surface area contributed by atoms with Crippen molar-refractivity contribution < 1.29 is 9.59 Å². The third-order valence-electron chi connectivity index (χ3n) is 2.92. The SMILES string of the molecule is CC(C)c1cccc(NC2CCC(=O)NC2=O)n1. The third kappa shape index (κ3) is 2.85. The van der Waals surface area contributed by atoms with Gasteiger partial charge in [0.2, 0.25) is 11.8 Å². The number of aromatic nitrogens is 1. The minimum atomic E-state index is -0.377. The molecule has 96 valence electrons. The summed E-state index contributed by atoms with van der Waals surface area (Å²) in [6.07, 6.45) is 0.880. The average molecular weight is 247 g/mol. The van der Waals surface area contributed by atoms with Crippen LogP contribution in [0.5, 0.6) is 0 Å². The van der Waals surface area contributed by atoms with Crippen molar-refractivity contribution in [3.8, 4) is 0 Å². The van der Waals surface area contributed by atoms with Crippen LogP contribution < -0.4 is 10.6 Å². The molecular weight excluding hydrogens is 230 g/mol. The molecule has 0 bridgehead atoms. The zero-order chi connectivity index (χ0) is 13.1. The third-order valence-corrected chi connectivity index (χ3v) is 2.92. The number of anilines is 1. The Kier molecular flexibility index (Phi) is 3.60. The highest BCUT2D eigenvalue weighted by atomic mass is 16.2. The fourth-order valence-corrected chi connectivity index (χ4v) is 1.86. The van der Waals surface area contributed by atoms with Crippen LogP contribution in [0.25, 0.3) is 0 Å². The maximum absolute atomic E-state index is 11.6. The van der Waals surface area contributed by atoms with E-state index in [1.165, 1.54) is 0 Å². The van der Waals surface area contributed by atoms with E-state index in [4.69, 9.17) is 0 Å². The fraction of sp³-hybridized carbons (Fsp3) is 0.462. The van der Waals surface area contributed by atoms with Crippen LogP contribution >= 0.6 is 0 Å². The van der Waals surface area contributed by atoms with E-state index in [-0.39, 0.29) is 17.9 Å². The number of nitrogens with one attached hydrogen (secondary N) is 2. The molecule has 1 atom stereocenters. The Balaban J connectivity index is 2.07. The van der Waals surface area contributed by atoms with E-state index in [0.29, 0.717) is 24.6 Å². The molecule has 0 saturated carbocycles. The van der Waals surface area contributed by atoms with E-state index in [0.717, 1.165) is 5.69 Å². The van der Waals surface area contributed by atoms with Crippen molar-refractivity contribution in [2.75, 3.05) is 5.32 Å². The molecule has 1 aromatic heterocycles. The number of carbonyl (C=O) groups is 2. The van der Waals surface area contributed by atoms with E-state index in [1.54, 1.807) is 0 Å². The molecule has 0 aliphatic carbocycles. The number of pyridine rings is 1. The van der Waals surface area contributed by atoms with Gasteiger partial charge in [-0.2, -0.15) is 0 Å². The Labute approximate surface area is 106 Å². The smallest absolute Gasteiger partial charge is 0.249 e. The van der Waals surface area contributed by atoms with E-state index >= 15 is 0 Å². The molecule has 1 aliphatic rings. The molecule has 1 aliphatic heterocycles. The van der Waals surface area contributed by atoms with Gasteiger partial charge in [0.25, 0.3) is 0 Å². The highest BCUT2D eigenvalue weighted by molar-refractivity contribution is 6.01. The molecule has 5 nitrogen and oxygen atoms in total. The van der Waals surface area contributed by atoms with E-state index in [9.17, 15) is 9.59 Å². The second-order valence-electron chi connectivity index (χ2n) is 4.75. The molecule has 1 aromatic rings. The zero-order valence-electron chi connectivity index (χ0n) is 10.6. The second-order valence-corrected chi connectivity index (χ2v) is 4.75. The summed E-state index contributed by atoms with van der Waals surface area (Å²) in [5.41, 5.74) is 0.979. The summed E-state index contributed by atoms with van der Waals surface area (Å²) in [5.74, 6) is 0.536. The summed E-state index contributed by atoms with van der Waals surface area (Å²) < 4.78 is 0. The summed E-state index contributed by atoms with van der Waals surface area (Å²) in [6.45, 7) is 4.14. The molecule has 2 N–H and O–H groups in total. The number of amides is 2. The molecule has 2 amide bonds. The number of piperidine rings is 1. The van der Waals surface area contributed by atoms with Gasteiger partial charge in [0.15, 0.2) is 0 Å². The van der Waals surface area contributed by atoms with Gasteiger partial charge in [-0.3, -0.25) is 14.9 Å². The maximum Gasteiger partial charge on any atom is 0.249 e. The van der Waals surface area contributed by atoms with Crippen LogP contribution in [-0.4, -0.2) is 22.8 Å². The van der Waals surface area contributed by atoms with Gasteiger partial charge in [-0.05, 0) is 24.5 Å². The van der Waals surface area contributed by atoms with Crippen LogP contribution in [0.15, 0.2) is 18.2 Å². The minimum absolute atomic E-state index is 0.207. The predicted octanol–water partition coefficient (Wildman–Crippen LogP) is 1.42. The first-order valence-corrected chi connectivity index (χ1v) is 6.13. The zero-order valence-corrected chi connectivity index (χ0v) is 10.6. The van der Waals surface area contributed by atoms with Crippen LogP contribution in [0.4, 0.5) is 5.82 Å². The lowest BCUT2D eigenvalue weighted by molar-refractivity contribution is -0.133. The van der Waals surface area contributed by atoms with Crippen LogP contribution in [0.3, 0.4) is 0 Å². The lowest BCUT2D eigenvalue weighted by atomic mass is 10.1. The summed E-state index contributed by atoms with van der Waals surface area (Å²) in [4.78, 5) is 27.1. The van der Waals surface area contributed by atoms with Gasteiger partial charge in [-0.15, -0.1) is 0 Å². The van der Waals surface area contributed by atoms with E-state index in [2.05, 4.69) is 29.5 Å². The van der Waals surface area contributed by atoms with Gasteiger partial charge in [0.05, 0.1) is 0 Å². The molecule has 0 radical (unpaired) electrons. The lowest BCUT2D eigenvalue weighted by Gasteiger charge is -2.22. The van der Waals surface area contributed by atoms with Crippen LogP contribution in [0.2, 0.25) is 0 Å². The van der Waals surface area contributed by atoms with Crippen molar-refractivity contribution in [1.29, 1.82) is 0 Å². The number of hydrogen-bond acceptors (Lipinski definition) is 4. The van der Waals surface area contributed by atoms with Gasteiger partial charge in [-0.25, -0.2) is 4.98 Å². The highest BCUT2D eigenvalue weighted by Gasteiger charge is 2.26. The maximum atomic E-state index is 11.6. The molecule has 2 heterocycles. The second kappa shape index (κ2) is 5.16. The monoisotopic (exact) mass is 247 g/mol. The van der Waals surface area contributed by atoms with Gasteiger partial charge in [0.1, 0.15) is 11.9 Å². The topological polar surface area (TPSA) is 71.1 Å². The summed E-state index contributed by atoms with van der Waals surface area (Å²) >= 11 is 0. The van der Waals surface area contributed by atoms with E-state index < -0.39 is 0 Å². The Morgan fingerprint density at radius 1 is 1.39 bits per heavy atom. The first-order chi connectivity index (χ1) is 8.56. The predicted molar refractivity (Wildman–Crippen MR) is 68.1 cm³/mol. The number of hydrogen-bond donors (Lipinski definition) is 2. The molecule has 1 unspecified atom stereocenters. The molecule has 2 rings (SSSR count). The minimum Gasteiger partial charge on any atom is -0.358 e. The van der Waals surface area contributed by atoms with Gasteiger partial charge in [-0.1, -0.05) is 19.9 Å². The lowest BCUT2D eigenvalue weighted by Crippen LogP contribution is -2.47. The first kappa shape index (κ1) is 12.5. The normalized spacial score (nSPS) is 19.8. The Morgan fingerprint density at radius 2 is 2.17 bits per heavy atom. The van der Waals surface area contributed by atoms with Crippen LogP contribution in [-0.2, 0) is 9.59 Å². The van der Waals surface area contributed by atoms with Crippen molar-refractivity contribution in [3.63, 3.8) is 0 Å². The van der Waals surface area contributed by atoms with E-state index in [1.807, 2.05) is 18.2 Å². The number of imide groups is 1. The summed E-state index contributed by atoms with van der Waals surface area (Å²) in [6, 6.07) is 5.32.